The van der Waals surface area contributed by atoms with E-state index in [1.54, 1.807) is 12.1 Å². The van der Waals surface area contributed by atoms with Gasteiger partial charge in [0.2, 0.25) is 0 Å². The SMILES string of the molecule is CS(=O)(=O)c1ccc2nc(Cl)c(N)cc2c1. The molecule has 1 aromatic heterocycles. The molecule has 0 fully saturated rings. The zero-order chi connectivity index (χ0) is 11.9. The molecule has 0 unspecified atom stereocenters. The van der Waals surface area contributed by atoms with Crippen molar-refractivity contribution in [2.45, 2.75) is 4.90 Å². The Morgan fingerprint density at radius 1 is 1.31 bits per heavy atom. The number of benzene rings is 1. The lowest BCUT2D eigenvalue weighted by molar-refractivity contribution is 0.602. The van der Waals surface area contributed by atoms with E-state index in [1.807, 2.05) is 0 Å². The molecule has 6 heteroatoms. The van der Waals surface area contributed by atoms with Crippen LogP contribution in [-0.2, 0) is 9.84 Å². The van der Waals surface area contributed by atoms with E-state index in [4.69, 9.17) is 17.3 Å². The predicted octanol–water partition coefficient (Wildman–Crippen LogP) is 1.87. The first-order chi connectivity index (χ1) is 7.38. The topological polar surface area (TPSA) is 73.0 Å². The number of nitrogens with two attached hydrogens (primary N) is 1. The molecule has 0 saturated heterocycles. The van der Waals surface area contributed by atoms with Crippen molar-refractivity contribution >= 4 is 38.0 Å². The fraction of sp³-hybridized carbons (Fsp3) is 0.100. The maximum Gasteiger partial charge on any atom is 0.175 e. The van der Waals surface area contributed by atoms with Crippen molar-refractivity contribution in [1.82, 2.24) is 4.98 Å². The highest BCUT2D eigenvalue weighted by Gasteiger charge is 2.09. The van der Waals surface area contributed by atoms with Gasteiger partial charge in [0.1, 0.15) is 0 Å². The Labute approximate surface area is 98.0 Å². The molecule has 0 aliphatic carbocycles. The maximum absolute atomic E-state index is 11.4. The van der Waals surface area contributed by atoms with Gasteiger partial charge < -0.3 is 5.73 Å². The summed E-state index contributed by atoms with van der Waals surface area (Å²) in [5.74, 6) is 0. The first kappa shape index (κ1) is 11.2. The van der Waals surface area contributed by atoms with Crippen LogP contribution >= 0.6 is 11.6 Å². The van der Waals surface area contributed by atoms with Gasteiger partial charge >= 0.3 is 0 Å². The number of aromatic nitrogens is 1. The normalized spacial score (nSPS) is 11.9. The number of sulfone groups is 1. The van der Waals surface area contributed by atoms with Crippen LogP contribution in [0.3, 0.4) is 0 Å². The molecule has 84 valence electrons. The number of hydrogen-bond donors (Lipinski definition) is 1. The molecular formula is C10H9ClN2O2S. The van der Waals surface area contributed by atoms with E-state index >= 15 is 0 Å². The van der Waals surface area contributed by atoms with Gasteiger partial charge in [-0.25, -0.2) is 13.4 Å². The monoisotopic (exact) mass is 256 g/mol. The maximum atomic E-state index is 11.4. The molecule has 2 rings (SSSR count). The highest BCUT2D eigenvalue weighted by molar-refractivity contribution is 7.90. The average molecular weight is 257 g/mol. The minimum Gasteiger partial charge on any atom is -0.396 e. The van der Waals surface area contributed by atoms with Gasteiger partial charge in [-0.2, -0.15) is 0 Å². The lowest BCUT2D eigenvalue weighted by atomic mass is 10.2. The second kappa shape index (κ2) is 3.61. The fourth-order valence-corrected chi connectivity index (χ4v) is 2.18. The van der Waals surface area contributed by atoms with Crippen molar-refractivity contribution in [3.05, 3.63) is 29.4 Å². The van der Waals surface area contributed by atoms with Crippen molar-refractivity contribution in [2.75, 3.05) is 12.0 Å². The summed E-state index contributed by atoms with van der Waals surface area (Å²) in [4.78, 5) is 4.28. The van der Waals surface area contributed by atoms with Crippen molar-refractivity contribution in [2.24, 2.45) is 0 Å². The first-order valence-electron chi connectivity index (χ1n) is 4.44. The molecule has 0 atom stereocenters. The van der Waals surface area contributed by atoms with Gasteiger partial charge in [0.15, 0.2) is 15.0 Å². The third kappa shape index (κ3) is 1.96. The van der Waals surface area contributed by atoms with Crippen LogP contribution < -0.4 is 5.73 Å². The van der Waals surface area contributed by atoms with Crippen LogP contribution in [-0.4, -0.2) is 19.7 Å². The molecular weight excluding hydrogens is 248 g/mol. The van der Waals surface area contributed by atoms with Gasteiger partial charge in [0.25, 0.3) is 0 Å². The lowest BCUT2D eigenvalue weighted by Gasteiger charge is -2.03. The molecule has 4 nitrogen and oxygen atoms in total. The number of fused-ring (bicyclic) bond motifs is 1. The standard InChI is InChI=1S/C10H9ClN2O2S/c1-16(14,15)7-2-3-9-6(4-7)5-8(12)10(11)13-9/h2-5H,12H2,1H3. The Hall–Kier alpha value is -1.33. The third-order valence-corrected chi connectivity index (χ3v) is 3.61. The minimum absolute atomic E-state index is 0.222. The molecule has 0 saturated carbocycles. The van der Waals surface area contributed by atoms with Gasteiger partial charge in [0.05, 0.1) is 16.1 Å². The molecule has 2 N–H and O–H groups in total. The van der Waals surface area contributed by atoms with Gasteiger partial charge in [-0.15, -0.1) is 0 Å². The highest BCUT2D eigenvalue weighted by atomic mass is 35.5. The number of nitrogens with zero attached hydrogens (tertiary/aromatic N) is 1. The van der Waals surface area contributed by atoms with Gasteiger partial charge in [-0.1, -0.05) is 11.6 Å². The summed E-state index contributed by atoms with van der Waals surface area (Å²) in [6.07, 6.45) is 1.15. The lowest BCUT2D eigenvalue weighted by Crippen LogP contribution is -1.97. The molecule has 0 aliphatic rings. The molecule has 0 spiro atoms. The molecule has 16 heavy (non-hydrogen) atoms. The molecule has 2 aromatic rings. The van der Waals surface area contributed by atoms with E-state index in [-0.39, 0.29) is 10.0 Å². The third-order valence-electron chi connectivity index (χ3n) is 2.19. The number of rotatable bonds is 1. The largest absolute Gasteiger partial charge is 0.396 e. The van der Waals surface area contributed by atoms with Crippen LogP contribution in [0.5, 0.6) is 0 Å². The second-order valence-electron chi connectivity index (χ2n) is 3.50. The summed E-state index contributed by atoms with van der Waals surface area (Å²) in [5, 5.41) is 0.879. The Balaban J connectivity index is 2.77. The van der Waals surface area contributed by atoms with E-state index in [2.05, 4.69) is 4.98 Å². The van der Waals surface area contributed by atoms with Gasteiger partial charge in [-0.05, 0) is 24.3 Å². The number of pyridine rings is 1. The second-order valence-corrected chi connectivity index (χ2v) is 5.87. The van der Waals surface area contributed by atoms with Crippen LogP contribution in [0.15, 0.2) is 29.2 Å². The highest BCUT2D eigenvalue weighted by Crippen LogP contribution is 2.24. The predicted molar refractivity (Wildman–Crippen MR) is 64.3 cm³/mol. The Bertz CT molecular complexity index is 668. The fourth-order valence-electron chi connectivity index (χ4n) is 1.38. The molecule has 0 radical (unpaired) electrons. The number of anilines is 1. The van der Waals surface area contributed by atoms with Crippen molar-refractivity contribution < 1.29 is 8.42 Å². The molecule has 0 aliphatic heterocycles. The Kier molecular flexibility index (Phi) is 2.52. The van der Waals surface area contributed by atoms with Crippen LogP contribution in [0.25, 0.3) is 10.9 Å². The summed E-state index contributed by atoms with van der Waals surface area (Å²) in [5.41, 5.74) is 6.55. The van der Waals surface area contributed by atoms with Crippen LogP contribution in [0, 0.1) is 0 Å². The summed E-state index contributed by atoms with van der Waals surface area (Å²) >= 11 is 5.76. The van der Waals surface area contributed by atoms with Crippen molar-refractivity contribution in [1.29, 1.82) is 0 Å². The van der Waals surface area contributed by atoms with Crippen LogP contribution in [0.2, 0.25) is 5.15 Å². The summed E-state index contributed by atoms with van der Waals surface area (Å²) in [6, 6.07) is 6.25. The summed E-state index contributed by atoms with van der Waals surface area (Å²) in [6.45, 7) is 0. The Morgan fingerprint density at radius 3 is 2.62 bits per heavy atom. The number of halogens is 1. The van der Waals surface area contributed by atoms with Gasteiger partial charge in [-0.3, -0.25) is 0 Å². The van der Waals surface area contributed by atoms with E-state index in [0.717, 1.165) is 6.26 Å². The van der Waals surface area contributed by atoms with E-state index in [1.165, 1.54) is 12.1 Å². The van der Waals surface area contributed by atoms with E-state index < -0.39 is 9.84 Å². The first-order valence-corrected chi connectivity index (χ1v) is 6.71. The van der Waals surface area contributed by atoms with E-state index in [9.17, 15) is 8.42 Å². The summed E-state index contributed by atoms with van der Waals surface area (Å²) < 4.78 is 22.7. The van der Waals surface area contributed by atoms with Crippen molar-refractivity contribution in [3.8, 4) is 0 Å². The zero-order valence-electron chi connectivity index (χ0n) is 8.44. The number of nitrogen functional groups attached to an aromatic ring is 1. The molecule has 1 aromatic carbocycles. The average Bonchev–Trinajstić information content (AvgIpc) is 2.17. The van der Waals surface area contributed by atoms with Gasteiger partial charge in [0, 0.05) is 11.6 Å². The Morgan fingerprint density at radius 2 is 2.00 bits per heavy atom. The quantitative estimate of drug-likeness (QED) is 0.791. The van der Waals surface area contributed by atoms with E-state index in [0.29, 0.717) is 16.6 Å². The zero-order valence-corrected chi connectivity index (χ0v) is 10.0. The molecule has 1 heterocycles. The smallest absolute Gasteiger partial charge is 0.175 e. The minimum atomic E-state index is -3.22. The van der Waals surface area contributed by atoms with Crippen molar-refractivity contribution in [3.63, 3.8) is 0 Å². The summed E-state index contributed by atoms with van der Waals surface area (Å²) in [7, 11) is -3.22. The van der Waals surface area contributed by atoms with Crippen LogP contribution in [0.1, 0.15) is 0 Å². The molecule has 0 bridgehead atoms. The van der Waals surface area contributed by atoms with Crippen LogP contribution in [0.4, 0.5) is 5.69 Å². The number of hydrogen-bond acceptors (Lipinski definition) is 4. The molecule has 0 amide bonds.